The maximum Gasteiger partial charge on any atom is 0.179 e. The fourth-order valence-electron chi connectivity index (χ4n) is 10.2. The molecule has 3 heteroatoms. The molecule has 0 amide bonds. The molecule has 0 saturated carbocycles. The summed E-state index contributed by atoms with van der Waals surface area (Å²) in [6.07, 6.45) is 0. The van der Waals surface area contributed by atoms with Crippen LogP contribution in [-0.2, 0) is 0 Å². The van der Waals surface area contributed by atoms with Crippen LogP contribution in [0.1, 0.15) is 0 Å². The van der Waals surface area contributed by atoms with Gasteiger partial charge in [0.1, 0.15) is 0 Å². The molecule has 12 rings (SSSR count). The molecule has 2 nitrogen and oxygen atoms in total. The van der Waals surface area contributed by atoms with Gasteiger partial charge in [-0.3, -0.25) is 0 Å². The number of nitrogens with zero attached hydrogens (tertiary/aromatic N) is 2. The third kappa shape index (κ3) is 6.00. The highest BCUT2D eigenvalue weighted by atomic mass is 28.3. The van der Waals surface area contributed by atoms with Crippen molar-refractivity contribution < 1.29 is 0 Å². The lowest BCUT2D eigenvalue weighted by Gasteiger charge is -2.34. The van der Waals surface area contributed by atoms with Crippen LogP contribution in [0, 0.1) is 0 Å². The van der Waals surface area contributed by atoms with E-state index < -0.39 is 8.07 Å². The minimum absolute atomic E-state index is 1.14. The zero-order valence-corrected chi connectivity index (χ0v) is 35.6. The van der Waals surface area contributed by atoms with E-state index in [1.807, 2.05) is 0 Å². The first kappa shape index (κ1) is 36.8. The molecule has 0 spiro atoms. The third-order valence-corrected chi connectivity index (χ3v) is 17.8. The van der Waals surface area contributed by atoms with Gasteiger partial charge in [0.25, 0.3) is 0 Å². The first-order valence-electron chi connectivity index (χ1n) is 21.8. The Morgan fingerprint density at radius 3 is 1.24 bits per heavy atom. The lowest BCUT2D eigenvalue weighted by molar-refractivity contribution is 1.15. The van der Waals surface area contributed by atoms with Crippen LogP contribution in [0.3, 0.4) is 0 Å². The van der Waals surface area contributed by atoms with Gasteiger partial charge >= 0.3 is 0 Å². The van der Waals surface area contributed by atoms with E-state index in [0.29, 0.717) is 0 Å². The van der Waals surface area contributed by atoms with Crippen LogP contribution < -0.4 is 20.7 Å². The standard InChI is InChI=1S/C60H42N2Si/c1-5-18-43(19-6-1)45-20-17-21-46(40-45)44-32-34-47(35-33-44)61-57-30-15-13-28-53(57)55-38-36-48(41-60(55)61)62-58-31-16-14-29-54(58)56-42-52(37-39-59(56)62)63(49-22-7-2-8-23-49,50-24-9-3-10-25-50)51-26-11-4-12-27-51/h1-42H. The Balaban J connectivity index is 1.03. The second-order valence-electron chi connectivity index (χ2n) is 16.5. The van der Waals surface area contributed by atoms with Crippen molar-refractivity contribution in [3.05, 3.63) is 255 Å². The zero-order valence-electron chi connectivity index (χ0n) is 34.6. The highest BCUT2D eigenvalue weighted by molar-refractivity contribution is 7.20. The van der Waals surface area contributed by atoms with Gasteiger partial charge in [-0.25, -0.2) is 0 Å². The van der Waals surface area contributed by atoms with Crippen molar-refractivity contribution in [1.82, 2.24) is 9.13 Å². The average Bonchev–Trinajstić information content (AvgIpc) is 3.88. The Labute approximate surface area is 368 Å². The summed E-state index contributed by atoms with van der Waals surface area (Å²) in [7, 11) is -2.73. The van der Waals surface area contributed by atoms with Crippen molar-refractivity contribution in [2.24, 2.45) is 0 Å². The normalized spacial score (nSPS) is 11.8. The van der Waals surface area contributed by atoms with Crippen LogP contribution in [0.15, 0.2) is 255 Å². The summed E-state index contributed by atoms with van der Waals surface area (Å²) in [5.41, 5.74) is 11.9. The molecule has 0 bridgehead atoms. The Kier molecular flexibility index (Phi) is 8.87. The highest BCUT2D eigenvalue weighted by Gasteiger charge is 2.41. The van der Waals surface area contributed by atoms with Gasteiger partial charge in [0.2, 0.25) is 0 Å². The number of para-hydroxylation sites is 2. The number of aromatic nitrogens is 2. The van der Waals surface area contributed by atoms with Crippen LogP contribution in [0.2, 0.25) is 0 Å². The van der Waals surface area contributed by atoms with Crippen molar-refractivity contribution in [2.45, 2.75) is 0 Å². The predicted molar refractivity (Wildman–Crippen MR) is 270 cm³/mol. The molecule has 0 radical (unpaired) electrons. The second-order valence-corrected chi connectivity index (χ2v) is 20.3. The number of hydrogen-bond acceptors (Lipinski definition) is 0. The van der Waals surface area contributed by atoms with Crippen molar-refractivity contribution in [3.8, 4) is 33.6 Å². The topological polar surface area (TPSA) is 9.86 Å². The summed E-state index contributed by atoms with van der Waals surface area (Å²) in [5.74, 6) is 0. The molecule has 63 heavy (non-hydrogen) atoms. The predicted octanol–water partition coefficient (Wildman–Crippen LogP) is 12.6. The fraction of sp³-hybridized carbons (Fsp3) is 0. The van der Waals surface area contributed by atoms with E-state index in [1.54, 1.807) is 0 Å². The van der Waals surface area contributed by atoms with Crippen LogP contribution in [0.5, 0.6) is 0 Å². The minimum atomic E-state index is -2.73. The first-order chi connectivity index (χ1) is 31.3. The Morgan fingerprint density at radius 1 is 0.222 bits per heavy atom. The number of rotatable bonds is 8. The first-order valence-corrected chi connectivity index (χ1v) is 23.8. The number of fused-ring (bicyclic) bond motifs is 6. The van der Waals surface area contributed by atoms with E-state index in [1.165, 1.54) is 86.6 Å². The van der Waals surface area contributed by atoms with E-state index in [2.05, 4.69) is 264 Å². The van der Waals surface area contributed by atoms with Gasteiger partial charge in [-0.1, -0.05) is 206 Å². The van der Waals surface area contributed by atoms with E-state index in [9.17, 15) is 0 Å². The molecule has 0 unspecified atom stereocenters. The molecule has 0 fully saturated rings. The maximum atomic E-state index is 2.51. The van der Waals surface area contributed by atoms with Gasteiger partial charge in [0.15, 0.2) is 8.07 Å². The van der Waals surface area contributed by atoms with Gasteiger partial charge in [-0.2, -0.15) is 0 Å². The van der Waals surface area contributed by atoms with Gasteiger partial charge < -0.3 is 9.13 Å². The summed E-state index contributed by atoms with van der Waals surface area (Å²) < 4.78 is 4.90. The molecular weight excluding hydrogens is 777 g/mol. The molecule has 0 aliphatic heterocycles. The molecule has 12 aromatic rings. The van der Waals surface area contributed by atoms with Gasteiger partial charge in [-0.05, 0) is 91.5 Å². The Hall–Kier alpha value is -7.98. The summed E-state index contributed by atoms with van der Waals surface area (Å²) in [5, 5.41) is 10.5. The molecule has 2 heterocycles. The maximum absolute atomic E-state index is 2.73. The van der Waals surface area contributed by atoms with E-state index in [0.717, 1.165) is 11.4 Å². The van der Waals surface area contributed by atoms with Crippen molar-refractivity contribution >= 4 is 72.4 Å². The lowest BCUT2D eigenvalue weighted by Crippen LogP contribution is -2.74. The molecular formula is C60H42N2Si. The lowest BCUT2D eigenvalue weighted by atomic mass is 9.99. The summed E-state index contributed by atoms with van der Waals surface area (Å²) >= 11 is 0. The van der Waals surface area contributed by atoms with Gasteiger partial charge in [0.05, 0.1) is 22.1 Å². The SMILES string of the molecule is c1ccc(-c2cccc(-c3ccc(-n4c5ccccc5c5ccc(-n6c7ccccc7c7cc([Si](c8ccccc8)(c8ccccc8)c8ccccc8)ccc76)cc54)cc3)c2)cc1. The van der Waals surface area contributed by atoms with E-state index in [-0.39, 0.29) is 0 Å². The third-order valence-electron chi connectivity index (χ3n) is 13.1. The van der Waals surface area contributed by atoms with Crippen LogP contribution in [-0.4, -0.2) is 17.2 Å². The van der Waals surface area contributed by atoms with Crippen LogP contribution in [0.25, 0.3) is 77.2 Å². The minimum Gasteiger partial charge on any atom is -0.309 e. The molecule has 0 saturated heterocycles. The zero-order chi connectivity index (χ0) is 41.7. The molecule has 0 aliphatic rings. The summed E-state index contributed by atoms with van der Waals surface area (Å²) in [6.45, 7) is 0. The van der Waals surface area contributed by atoms with Crippen molar-refractivity contribution in [2.75, 3.05) is 0 Å². The monoisotopic (exact) mass is 818 g/mol. The summed E-state index contributed by atoms with van der Waals surface area (Å²) in [6, 6.07) is 94.2. The second kappa shape index (κ2) is 15.2. The Morgan fingerprint density at radius 2 is 0.651 bits per heavy atom. The number of hydrogen-bond donors (Lipinski definition) is 0. The molecule has 0 aliphatic carbocycles. The summed E-state index contributed by atoms with van der Waals surface area (Å²) in [4.78, 5) is 0. The van der Waals surface area contributed by atoms with Crippen LogP contribution >= 0.6 is 0 Å². The molecule has 2 aromatic heterocycles. The van der Waals surface area contributed by atoms with Gasteiger partial charge in [-0.15, -0.1) is 0 Å². The molecule has 10 aromatic carbocycles. The quantitative estimate of drug-likeness (QED) is 0.107. The average molecular weight is 819 g/mol. The fourth-order valence-corrected chi connectivity index (χ4v) is 15.0. The van der Waals surface area contributed by atoms with Crippen molar-refractivity contribution in [1.29, 1.82) is 0 Å². The number of benzene rings is 10. The van der Waals surface area contributed by atoms with Crippen molar-refractivity contribution in [3.63, 3.8) is 0 Å². The largest absolute Gasteiger partial charge is 0.309 e. The smallest absolute Gasteiger partial charge is 0.179 e. The molecule has 0 N–H and O–H groups in total. The molecule has 296 valence electrons. The highest BCUT2D eigenvalue weighted by Crippen LogP contribution is 2.37. The van der Waals surface area contributed by atoms with Gasteiger partial charge in [0, 0.05) is 32.9 Å². The van der Waals surface area contributed by atoms with E-state index in [4.69, 9.17) is 0 Å². The molecule has 0 atom stereocenters. The Bertz CT molecular complexity index is 3490. The van der Waals surface area contributed by atoms with E-state index >= 15 is 0 Å². The van der Waals surface area contributed by atoms with Crippen LogP contribution in [0.4, 0.5) is 0 Å².